The van der Waals surface area contributed by atoms with E-state index in [0.717, 1.165) is 25.0 Å². The van der Waals surface area contributed by atoms with Crippen LogP contribution >= 0.6 is 0 Å². The number of aliphatic hydroxyl groups excluding tert-OH is 1. The Balaban J connectivity index is 1.61. The van der Waals surface area contributed by atoms with Gasteiger partial charge in [-0.05, 0) is 50.3 Å². The Morgan fingerprint density at radius 1 is 1.37 bits per heavy atom. The maximum atomic E-state index is 9.70. The van der Waals surface area contributed by atoms with Crippen LogP contribution < -0.4 is 10.1 Å². The third-order valence-electron chi connectivity index (χ3n) is 4.25. The lowest BCUT2D eigenvalue weighted by molar-refractivity contribution is 0.139. The van der Waals surface area contributed by atoms with E-state index in [4.69, 9.17) is 4.74 Å². The predicted octanol–water partition coefficient (Wildman–Crippen LogP) is 2.41. The molecule has 0 spiro atoms. The maximum absolute atomic E-state index is 9.70. The Labute approximate surface area is 115 Å². The van der Waals surface area contributed by atoms with Crippen molar-refractivity contribution in [3.63, 3.8) is 0 Å². The molecule has 0 heterocycles. The number of ether oxygens (including phenoxy) is 1. The van der Waals surface area contributed by atoms with Crippen LogP contribution in [0.15, 0.2) is 24.3 Å². The van der Waals surface area contributed by atoms with Gasteiger partial charge in [-0.3, -0.25) is 0 Å². The monoisotopic (exact) mass is 261 g/mol. The molecule has 2 atom stereocenters. The van der Waals surface area contributed by atoms with Gasteiger partial charge < -0.3 is 15.2 Å². The van der Waals surface area contributed by atoms with Crippen LogP contribution in [0.1, 0.15) is 37.7 Å². The van der Waals surface area contributed by atoms with Crippen molar-refractivity contribution in [3.8, 4) is 5.75 Å². The van der Waals surface area contributed by atoms with Gasteiger partial charge in [-0.25, -0.2) is 0 Å². The number of hydrogen-bond acceptors (Lipinski definition) is 3. The third kappa shape index (κ3) is 3.10. The molecule has 3 nitrogen and oxygen atoms in total. The maximum Gasteiger partial charge on any atom is 0.119 e. The van der Waals surface area contributed by atoms with E-state index in [0.29, 0.717) is 6.04 Å². The van der Waals surface area contributed by atoms with Crippen LogP contribution in [0.5, 0.6) is 5.75 Å². The SMILES string of the molecule is Cc1cccc(OC2CCC(CO)(NC3CC3)C2)c1. The minimum Gasteiger partial charge on any atom is -0.490 e. The molecule has 1 aromatic carbocycles. The van der Waals surface area contributed by atoms with Crippen molar-refractivity contribution in [2.45, 2.75) is 56.7 Å². The van der Waals surface area contributed by atoms with Gasteiger partial charge in [0.2, 0.25) is 0 Å². The number of aryl methyl sites for hydroxylation is 1. The van der Waals surface area contributed by atoms with E-state index in [1.165, 1.54) is 18.4 Å². The van der Waals surface area contributed by atoms with E-state index in [2.05, 4.69) is 24.4 Å². The number of aliphatic hydroxyl groups is 1. The number of rotatable bonds is 5. The van der Waals surface area contributed by atoms with Crippen LogP contribution in [-0.4, -0.2) is 29.4 Å². The molecule has 2 saturated carbocycles. The highest BCUT2D eigenvalue weighted by Gasteiger charge is 2.42. The second-order valence-electron chi connectivity index (χ2n) is 6.16. The van der Waals surface area contributed by atoms with Crippen molar-refractivity contribution in [2.24, 2.45) is 0 Å². The molecule has 0 bridgehead atoms. The predicted molar refractivity (Wildman–Crippen MR) is 75.4 cm³/mol. The first kappa shape index (κ1) is 12.9. The Morgan fingerprint density at radius 2 is 2.21 bits per heavy atom. The summed E-state index contributed by atoms with van der Waals surface area (Å²) < 4.78 is 6.06. The van der Waals surface area contributed by atoms with E-state index in [-0.39, 0.29) is 18.2 Å². The fraction of sp³-hybridized carbons (Fsp3) is 0.625. The van der Waals surface area contributed by atoms with Crippen molar-refractivity contribution >= 4 is 0 Å². The third-order valence-corrected chi connectivity index (χ3v) is 4.25. The highest BCUT2D eigenvalue weighted by atomic mass is 16.5. The van der Waals surface area contributed by atoms with Gasteiger partial charge in [-0.1, -0.05) is 12.1 Å². The second-order valence-corrected chi connectivity index (χ2v) is 6.16. The van der Waals surface area contributed by atoms with E-state index in [1.807, 2.05) is 12.1 Å². The molecule has 0 radical (unpaired) electrons. The molecule has 3 heteroatoms. The van der Waals surface area contributed by atoms with Gasteiger partial charge in [-0.2, -0.15) is 0 Å². The molecule has 3 rings (SSSR count). The smallest absolute Gasteiger partial charge is 0.119 e. The Hall–Kier alpha value is -1.06. The molecule has 2 aliphatic carbocycles. The zero-order valence-electron chi connectivity index (χ0n) is 11.6. The minimum absolute atomic E-state index is 0.102. The molecule has 0 aliphatic heterocycles. The van der Waals surface area contributed by atoms with Gasteiger partial charge in [0.05, 0.1) is 6.61 Å². The molecule has 2 unspecified atom stereocenters. The van der Waals surface area contributed by atoms with Crippen LogP contribution in [0.2, 0.25) is 0 Å². The summed E-state index contributed by atoms with van der Waals surface area (Å²) in [6.07, 6.45) is 5.68. The average molecular weight is 261 g/mol. The van der Waals surface area contributed by atoms with Crippen molar-refractivity contribution in [1.29, 1.82) is 0 Å². The number of hydrogen-bond donors (Lipinski definition) is 2. The molecule has 0 amide bonds. The van der Waals surface area contributed by atoms with Gasteiger partial charge in [-0.15, -0.1) is 0 Å². The molecular formula is C16H23NO2. The van der Waals surface area contributed by atoms with Gasteiger partial charge in [0.25, 0.3) is 0 Å². The molecular weight excluding hydrogens is 238 g/mol. The van der Waals surface area contributed by atoms with E-state index >= 15 is 0 Å². The van der Waals surface area contributed by atoms with Crippen molar-refractivity contribution < 1.29 is 9.84 Å². The molecule has 1 aromatic rings. The summed E-state index contributed by atoms with van der Waals surface area (Å²) in [5.74, 6) is 0.949. The first-order valence-corrected chi connectivity index (χ1v) is 7.31. The zero-order chi connectivity index (χ0) is 13.3. The Kier molecular flexibility index (Phi) is 3.50. The highest BCUT2D eigenvalue weighted by molar-refractivity contribution is 5.27. The first-order chi connectivity index (χ1) is 9.19. The van der Waals surface area contributed by atoms with Gasteiger partial charge in [0, 0.05) is 18.0 Å². The summed E-state index contributed by atoms with van der Waals surface area (Å²) >= 11 is 0. The Bertz CT molecular complexity index is 444. The van der Waals surface area contributed by atoms with E-state index < -0.39 is 0 Å². The van der Waals surface area contributed by atoms with Crippen molar-refractivity contribution in [3.05, 3.63) is 29.8 Å². The molecule has 2 N–H and O–H groups in total. The fourth-order valence-electron chi connectivity index (χ4n) is 3.04. The van der Waals surface area contributed by atoms with Crippen LogP contribution in [0.3, 0.4) is 0 Å². The van der Waals surface area contributed by atoms with Crippen molar-refractivity contribution in [2.75, 3.05) is 6.61 Å². The zero-order valence-corrected chi connectivity index (χ0v) is 11.6. The molecule has 0 saturated heterocycles. The van der Waals surface area contributed by atoms with Crippen LogP contribution in [0, 0.1) is 6.92 Å². The van der Waals surface area contributed by atoms with Gasteiger partial charge >= 0.3 is 0 Å². The summed E-state index contributed by atoms with van der Waals surface area (Å²) in [6, 6.07) is 8.83. The largest absolute Gasteiger partial charge is 0.490 e. The highest BCUT2D eigenvalue weighted by Crippen LogP contribution is 2.35. The number of nitrogens with one attached hydrogen (secondary N) is 1. The topological polar surface area (TPSA) is 41.5 Å². The normalized spacial score (nSPS) is 30.5. The lowest BCUT2D eigenvalue weighted by Crippen LogP contribution is -2.48. The molecule has 0 aromatic heterocycles. The molecule has 19 heavy (non-hydrogen) atoms. The molecule has 104 valence electrons. The van der Waals surface area contributed by atoms with Crippen LogP contribution in [-0.2, 0) is 0 Å². The second kappa shape index (κ2) is 5.14. The average Bonchev–Trinajstić information content (AvgIpc) is 3.11. The van der Waals surface area contributed by atoms with E-state index in [9.17, 15) is 5.11 Å². The summed E-state index contributed by atoms with van der Waals surface area (Å²) in [5, 5.41) is 13.3. The molecule has 2 aliphatic rings. The summed E-state index contributed by atoms with van der Waals surface area (Å²) in [4.78, 5) is 0. The Morgan fingerprint density at radius 3 is 2.89 bits per heavy atom. The standard InChI is InChI=1S/C16H23NO2/c1-12-3-2-4-14(9-12)19-15-7-8-16(10-15,11-18)17-13-5-6-13/h2-4,9,13,15,17-18H,5-8,10-11H2,1H3. The first-order valence-electron chi connectivity index (χ1n) is 7.31. The lowest BCUT2D eigenvalue weighted by Gasteiger charge is -2.28. The summed E-state index contributed by atoms with van der Waals surface area (Å²) in [5.41, 5.74) is 1.12. The lowest BCUT2D eigenvalue weighted by atomic mass is 9.98. The van der Waals surface area contributed by atoms with Crippen LogP contribution in [0.25, 0.3) is 0 Å². The fourth-order valence-corrected chi connectivity index (χ4v) is 3.04. The summed E-state index contributed by atoms with van der Waals surface area (Å²) in [7, 11) is 0. The summed E-state index contributed by atoms with van der Waals surface area (Å²) in [6.45, 7) is 2.30. The quantitative estimate of drug-likeness (QED) is 0.855. The van der Waals surface area contributed by atoms with Gasteiger partial charge in [0.1, 0.15) is 11.9 Å². The van der Waals surface area contributed by atoms with Gasteiger partial charge in [0.15, 0.2) is 0 Å². The van der Waals surface area contributed by atoms with E-state index in [1.54, 1.807) is 0 Å². The molecule has 2 fully saturated rings. The van der Waals surface area contributed by atoms with Crippen molar-refractivity contribution in [1.82, 2.24) is 5.32 Å². The number of benzene rings is 1. The minimum atomic E-state index is -0.102. The van der Waals surface area contributed by atoms with Crippen LogP contribution in [0.4, 0.5) is 0 Å².